The molecule has 1 spiro atoms. The van der Waals surface area contributed by atoms with Gasteiger partial charge in [-0.05, 0) is 73.9 Å². The largest absolute Gasteiger partial charge is 0.492 e. The van der Waals surface area contributed by atoms with Gasteiger partial charge in [0.2, 0.25) is 17.9 Å². The number of alkyl halides is 3. The number of rotatable bonds is 9. The summed E-state index contributed by atoms with van der Waals surface area (Å²) in [5.41, 5.74) is 7.69. The molecule has 15 heteroatoms. The first-order valence-electron chi connectivity index (χ1n) is 15.5. The van der Waals surface area contributed by atoms with Crippen molar-refractivity contribution in [3.05, 3.63) is 71.0 Å². The number of nitrogens with one attached hydrogen (secondary N) is 1. The highest BCUT2D eigenvalue weighted by Gasteiger charge is 2.46. The van der Waals surface area contributed by atoms with Gasteiger partial charge in [0.05, 0.1) is 23.0 Å². The molecule has 0 bridgehead atoms. The number of ether oxygens (including phenoxy) is 2. The zero-order valence-electron chi connectivity index (χ0n) is 26.3. The van der Waals surface area contributed by atoms with Gasteiger partial charge >= 0.3 is 12.1 Å². The number of nitrogens with two attached hydrogens (primary N) is 1. The lowest BCUT2D eigenvalue weighted by Crippen LogP contribution is -2.41. The third kappa shape index (κ3) is 6.99. The average molecular weight is 686 g/mol. The number of benzene rings is 2. The molecule has 11 nitrogen and oxygen atoms in total. The molecule has 2 aromatic heterocycles. The molecule has 2 fully saturated rings. The van der Waals surface area contributed by atoms with Crippen molar-refractivity contribution < 1.29 is 32.5 Å². The number of nitrogens with zero attached hydrogens (tertiary/aromatic N) is 5. The monoisotopic (exact) mass is 685 g/mol. The number of aliphatic carboxylic acids is 1. The number of aromatic nitrogens is 4. The summed E-state index contributed by atoms with van der Waals surface area (Å²) in [5.74, 6) is -0.607. The fourth-order valence-corrected chi connectivity index (χ4v) is 6.64. The predicted molar refractivity (Wildman–Crippen MR) is 174 cm³/mol. The van der Waals surface area contributed by atoms with Crippen LogP contribution < -0.4 is 25.4 Å². The Morgan fingerprint density at radius 2 is 1.88 bits per heavy atom. The van der Waals surface area contributed by atoms with Gasteiger partial charge in [0, 0.05) is 37.5 Å². The molecule has 0 unspecified atom stereocenters. The Bertz CT molecular complexity index is 1810. The molecule has 4 heterocycles. The highest BCUT2D eigenvalue weighted by atomic mass is 35.5. The summed E-state index contributed by atoms with van der Waals surface area (Å²) in [6.07, 6.45) is -3.81. The van der Waals surface area contributed by atoms with Crippen molar-refractivity contribution in [2.75, 3.05) is 36.9 Å². The van der Waals surface area contributed by atoms with Gasteiger partial charge in [0.1, 0.15) is 17.6 Å². The number of carbonyl (C=O) groups is 1. The van der Waals surface area contributed by atoms with Crippen LogP contribution in [-0.2, 0) is 4.79 Å². The van der Waals surface area contributed by atoms with Crippen molar-refractivity contribution in [1.29, 1.82) is 0 Å². The molecule has 6 rings (SSSR count). The van der Waals surface area contributed by atoms with Crippen LogP contribution in [0.5, 0.6) is 11.6 Å². The summed E-state index contributed by atoms with van der Waals surface area (Å²) in [6, 6.07) is 12.2. The molecule has 48 heavy (non-hydrogen) atoms. The number of halogens is 4. The maximum absolute atomic E-state index is 14.9. The zero-order chi connectivity index (χ0) is 34.2. The fourth-order valence-electron chi connectivity index (χ4n) is 6.41. The molecule has 0 saturated carbocycles. The van der Waals surface area contributed by atoms with E-state index in [1.54, 1.807) is 49.5 Å². The van der Waals surface area contributed by atoms with E-state index >= 15 is 0 Å². The molecule has 254 valence electrons. The molecular formula is C33H35ClF3N7O4. The van der Waals surface area contributed by atoms with Crippen LogP contribution in [0.25, 0.3) is 16.8 Å². The smallest absolute Gasteiger partial charge is 0.429 e. The molecule has 0 aliphatic carbocycles. The quantitative estimate of drug-likeness (QED) is 0.193. The number of carboxylic acid groups (broad SMARTS) is 1. The Morgan fingerprint density at radius 1 is 1.15 bits per heavy atom. The van der Waals surface area contributed by atoms with Crippen LogP contribution in [0.15, 0.2) is 54.7 Å². The van der Waals surface area contributed by atoms with E-state index in [0.717, 1.165) is 0 Å². The molecule has 2 atom stereocenters. The van der Waals surface area contributed by atoms with E-state index in [1.807, 2.05) is 11.8 Å². The second-order valence-electron chi connectivity index (χ2n) is 12.2. The lowest BCUT2D eigenvalue weighted by atomic mass is 9.76. The van der Waals surface area contributed by atoms with Crippen LogP contribution in [-0.4, -0.2) is 69.3 Å². The van der Waals surface area contributed by atoms with Crippen LogP contribution in [0.4, 0.5) is 24.9 Å². The summed E-state index contributed by atoms with van der Waals surface area (Å²) in [6.45, 7) is 5.64. The average Bonchev–Trinajstić information content (AvgIpc) is 3.67. The third-order valence-corrected chi connectivity index (χ3v) is 9.19. The first-order chi connectivity index (χ1) is 22.8. The minimum absolute atomic E-state index is 0.154. The van der Waals surface area contributed by atoms with Gasteiger partial charge in [0.15, 0.2) is 0 Å². The van der Waals surface area contributed by atoms with E-state index in [9.17, 15) is 23.1 Å². The van der Waals surface area contributed by atoms with E-state index in [-0.39, 0.29) is 28.5 Å². The molecule has 2 aliphatic rings. The molecule has 0 radical (unpaired) electrons. The van der Waals surface area contributed by atoms with Crippen LogP contribution in [0, 0.1) is 12.3 Å². The Hall–Kier alpha value is -4.56. The second-order valence-corrected chi connectivity index (χ2v) is 12.6. The lowest BCUT2D eigenvalue weighted by molar-refractivity contribution is -0.198. The standard InChI is InChI=1S/C33H35ClF3N7O4/c1-3-47-26-7-5-20(14-23(26)34)21-4-6-22(25(15-21)44-11-8-19(2)42-44)29(33(35,36)37)48-28-16-27(40-31(38)41-28)43-12-9-32(10-13-43)17-24(30(45)46)39-18-32/h4-8,11,14-16,24,29,39H,3,9-10,12-13,17-18H2,1-2H3,(H,45,46)(H2,38,40,41)/t24-,29+/m0/s1. The van der Waals surface area contributed by atoms with Gasteiger partial charge in [-0.15, -0.1) is 0 Å². The maximum atomic E-state index is 14.9. The lowest BCUT2D eigenvalue weighted by Gasteiger charge is -2.39. The molecule has 2 aromatic carbocycles. The van der Waals surface area contributed by atoms with Crippen LogP contribution in [0.1, 0.15) is 43.5 Å². The van der Waals surface area contributed by atoms with Crippen LogP contribution in [0.2, 0.25) is 5.02 Å². The van der Waals surface area contributed by atoms with Gasteiger partial charge in [-0.2, -0.15) is 28.2 Å². The topological polar surface area (TPSA) is 141 Å². The molecular weight excluding hydrogens is 651 g/mol. The van der Waals surface area contributed by atoms with Crippen molar-refractivity contribution in [1.82, 2.24) is 25.1 Å². The van der Waals surface area contributed by atoms with Gasteiger partial charge in [-0.25, -0.2) is 4.68 Å². The number of hydrogen-bond donors (Lipinski definition) is 3. The fraction of sp³-hybridized carbons (Fsp3) is 0.394. The third-order valence-electron chi connectivity index (χ3n) is 8.90. The van der Waals surface area contributed by atoms with Crippen molar-refractivity contribution in [3.63, 3.8) is 0 Å². The molecule has 0 amide bonds. The van der Waals surface area contributed by atoms with Gasteiger partial charge in [0.25, 0.3) is 0 Å². The Labute approximate surface area is 279 Å². The van der Waals surface area contributed by atoms with Crippen LogP contribution in [0.3, 0.4) is 0 Å². The van der Waals surface area contributed by atoms with E-state index < -0.39 is 24.3 Å². The molecule has 4 aromatic rings. The number of aryl methyl sites for hydroxylation is 1. The molecule has 4 N–H and O–H groups in total. The van der Waals surface area contributed by atoms with E-state index in [0.29, 0.717) is 78.9 Å². The van der Waals surface area contributed by atoms with Crippen molar-refractivity contribution in [3.8, 4) is 28.4 Å². The summed E-state index contributed by atoms with van der Waals surface area (Å²) < 4.78 is 57.2. The van der Waals surface area contributed by atoms with Crippen molar-refractivity contribution >= 4 is 29.3 Å². The number of anilines is 2. The minimum Gasteiger partial charge on any atom is -0.492 e. The zero-order valence-corrected chi connectivity index (χ0v) is 27.1. The number of hydrogen-bond acceptors (Lipinski definition) is 9. The number of nitrogen functional groups attached to an aromatic ring is 1. The van der Waals surface area contributed by atoms with Gasteiger partial charge in [-0.1, -0.05) is 29.8 Å². The normalized spacial score (nSPS) is 18.2. The molecule has 2 aliphatic heterocycles. The highest BCUT2D eigenvalue weighted by Crippen LogP contribution is 2.43. The summed E-state index contributed by atoms with van der Waals surface area (Å²) in [4.78, 5) is 21.7. The summed E-state index contributed by atoms with van der Waals surface area (Å²) in [5, 5.41) is 17.2. The molecule has 2 saturated heterocycles. The number of carboxylic acids is 1. The maximum Gasteiger partial charge on any atom is 0.429 e. The Balaban J connectivity index is 1.31. The summed E-state index contributed by atoms with van der Waals surface area (Å²) >= 11 is 6.42. The van der Waals surface area contributed by atoms with Crippen molar-refractivity contribution in [2.45, 2.75) is 51.4 Å². The minimum atomic E-state index is -4.85. The first kappa shape index (κ1) is 33.3. The van der Waals surface area contributed by atoms with E-state index in [2.05, 4.69) is 20.4 Å². The van der Waals surface area contributed by atoms with Crippen molar-refractivity contribution in [2.24, 2.45) is 5.41 Å². The van der Waals surface area contributed by atoms with Gasteiger partial charge in [-0.3, -0.25) is 4.79 Å². The van der Waals surface area contributed by atoms with E-state index in [4.69, 9.17) is 26.8 Å². The predicted octanol–water partition coefficient (Wildman–Crippen LogP) is 5.99. The van der Waals surface area contributed by atoms with Gasteiger partial charge < -0.3 is 30.5 Å². The highest BCUT2D eigenvalue weighted by molar-refractivity contribution is 6.32. The second kappa shape index (κ2) is 13.2. The van der Waals surface area contributed by atoms with E-state index in [1.165, 1.54) is 16.8 Å². The SMILES string of the molecule is CCOc1ccc(-c2ccc([C@@H](Oc3cc(N4CCC5(CC4)CN[C@H](C(=O)O)C5)nc(N)n3)C(F)(F)F)c(-n3ccc(C)n3)c2)cc1Cl. The first-order valence-corrected chi connectivity index (χ1v) is 15.9. The Kier molecular flexibility index (Phi) is 9.14. The Morgan fingerprint density at radius 3 is 2.50 bits per heavy atom. The number of piperidine rings is 1. The summed E-state index contributed by atoms with van der Waals surface area (Å²) in [7, 11) is 0. The van der Waals surface area contributed by atoms with Crippen LogP contribution >= 0.6 is 11.6 Å².